The Balaban J connectivity index is 1.58. The van der Waals surface area contributed by atoms with Crippen molar-refractivity contribution in [1.82, 2.24) is 0 Å². The quantitative estimate of drug-likeness (QED) is 0.722. The topological polar surface area (TPSA) is 57.5 Å². The highest BCUT2D eigenvalue weighted by atomic mass is 16.3. The number of hydrogen-bond donors (Lipinski definition) is 2. The first kappa shape index (κ1) is 14.9. The fourth-order valence-electron chi connectivity index (χ4n) is 8.71. The van der Waals surface area contributed by atoms with E-state index in [0.29, 0.717) is 24.2 Å². The Morgan fingerprint density at radius 1 is 1.13 bits per heavy atom. The molecule has 0 heterocycles. The van der Waals surface area contributed by atoms with Gasteiger partial charge < -0.3 is 10.2 Å². The minimum absolute atomic E-state index is 0.0138. The van der Waals surface area contributed by atoms with Crippen LogP contribution in [0.5, 0.6) is 0 Å². The summed E-state index contributed by atoms with van der Waals surface area (Å²) in [7, 11) is 0. The van der Waals surface area contributed by atoms with Gasteiger partial charge in [-0.05, 0) is 73.0 Å². The molecule has 2 N–H and O–H groups in total. The number of aliphatic hydroxyl groups is 2. The van der Waals surface area contributed by atoms with Crippen LogP contribution in [0.1, 0.15) is 65.7 Å². The van der Waals surface area contributed by atoms with Gasteiger partial charge in [-0.1, -0.05) is 20.8 Å². The van der Waals surface area contributed by atoms with Gasteiger partial charge >= 0.3 is 0 Å². The van der Waals surface area contributed by atoms with E-state index in [0.717, 1.165) is 31.6 Å². The van der Waals surface area contributed by atoms with Crippen LogP contribution >= 0.6 is 0 Å². The van der Waals surface area contributed by atoms with Gasteiger partial charge in [0.05, 0.1) is 5.60 Å². The maximum absolute atomic E-state index is 12.6. The van der Waals surface area contributed by atoms with Crippen LogP contribution in [0.15, 0.2) is 0 Å². The van der Waals surface area contributed by atoms with E-state index in [1.165, 1.54) is 12.8 Å². The van der Waals surface area contributed by atoms with Crippen LogP contribution in [0.2, 0.25) is 0 Å². The summed E-state index contributed by atoms with van der Waals surface area (Å²) in [6.07, 6.45) is 6.45. The van der Waals surface area contributed by atoms with Crippen molar-refractivity contribution >= 4 is 5.78 Å². The number of fused-ring (bicyclic) bond motifs is 1. The number of rotatable bonds is 0. The van der Waals surface area contributed by atoms with Gasteiger partial charge in [-0.15, -0.1) is 0 Å². The van der Waals surface area contributed by atoms with E-state index in [1.54, 1.807) is 0 Å². The summed E-state index contributed by atoms with van der Waals surface area (Å²) >= 11 is 0. The Labute approximate surface area is 138 Å². The first-order valence-electron chi connectivity index (χ1n) is 9.56. The van der Waals surface area contributed by atoms with E-state index < -0.39 is 6.10 Å². The van der Waals surface area contributed by atoms with Crippen molar-refractivity contribution in [3.8, 4) is 0 Å². The molecule has 1 unspecified atom stereocenters. The van der Waals surface area contributed by atoms with Crippen LogP contribution in [0, 0.1) is 39.9 Å². The molecule has 8 atom stereocenters. The van der Waals surface area contributed by atoms with Crippen molar-refractivity contribution in [1.29, 1.82) is 0 Å². The average molecular weight is 318 g/mol. The normalized spacial score (nSPS) is 62.3. The van der Waals surface area contributed by atoms with Crippen LogP contribution in [-0.4, -0.2) is 27.7 Å². The fourth-order valence-corrected chi connectivity index (χ4v) is 8.71. The lowest BCUT2D eigenvalue weighted by Crippen LogP contribution is -2.73. The van der Waals surface area contributed by atoms with Crippen molar-refractivity contribution in [3.05, 3.63) is 0 Å². The summed E-state index contributed by atoms with van der Waals surface area (Å²) in [5.74, 6) is 2.25. The average Bonchev–Trinajstić information content (AvgIpc) is 2.43. The highest BCUT2D eigenvalue weighted by Gasteiger charge is 2.74. The van der Waals surface area contributed by atoms with Gasteiger partial charge in [0.15, 0.2) is 5.78 Å². The lowest BCUT2D eigenvalue weighted by atomic mass is 9.30. The predicted octanol–water partition coefficient (Wildman–Crippen LogP) is 2.93. The van der Waals surface area contributed by atoms with E-state index in [1.807, 2.05) is 0 Å². The largest absolute Gasteiger partial charge is 0.390 e. The molecule has 23 heavy (non-hydrogen) atoms. The second-order valence-corrected chi connectivity index (χ2v) is 10.7. The second kappa shape index (κ2) is 3.88. The molecule has 7 aliphatic carbocycles. The maximum Gasteiger partial charge on any atom is 0.162 e. The van der Waals surface area contributed by atoms with Crippen molar-refractivity contribution in [2.45, 2.75) is 77.4 Å². The van der Waals surface area contributed by atoms with Crippen molar-refractivity contribution in [2.75, 3.05) is 0 Å². The zero-order chi connectivity index (χ0) is 16.4. The number of hydrogen-bond acceptors (Lipinski definition) is 3. The summed E-state index contributed by atoms with van der Waals surface area (Å²) < 4.78 is 0. The van der Waals surface area contributed by atoms with Crippen LogP contribution in [0.25, 0.3) is 0 Å². The van der Waals surface area contributed by atoms with Crippen LogP contribution in [0.3, 0.4) is 0 Å². The number of ketones is 1. The minimum Gasteiger partial charge on any atom is -0.390 e. The molecule has 0 saturated heterocycles. The number of aliphatic hydroxyl groups excluding tert-OH is 1. The third-order valence-electron chi connectivity index (χ3n) is 9.42. The van der Waals surface area contributed by atoms with Gasteiger partial charge in [0.2, 0.25) is 0 Å². The highest BCUT2D eigenvalue weighted by molar-refractivity contribution is 5.85. The molecule has 0 aromatic carbocycles. The van der Waals surface area contributed by atoms with Gasteiger partial charge in [-0.25, -0.2) is 0 Å². The van der Waals surface area contributed by atoms with Crippen molar-refractivity contribution in [3.63, 3.8) is 0 Å². The summed E-state index contributed by atoms with van der Waals surface area (Å²) in [5.41, 5.74) is -0.408. The van der Waals surface area contributed by atoms with E-state index in [4.69, 9.17) is 0 Å². The SMILES string of the molecule is CC1(C)[C@H](O)C(=O)C[C@]2(C)[C@@H]1CC[C@]13CC4C[C@@](O)(C1)[C@@H]4C[C@H]32. The molecule has 3 heteroatoms. The molecule has 128 valence electrons. The highest BCUT2D eigenvalue weighted by Crippen LogP contribution is 2.77. The standard InChI is InChI=1S/C20H30O3/c1-17(2)14-4-5-19-7-11-8-20(23,10-19)12(11)6-15(19)18(14,3)9-13(21)16(17)22/h11-12,14-16,22-23H,4-10H2,1-3H3/t11?,12-,14-,15+,16-,18-,19+,20-/m1/s1. The summed E-state index contributed by atoms with van der Waals surface area (Å²) in [4.78, 5) is 12.6. The molecule has 0 aromatic rings. The molecule has 0 aliphatic heterocycles. The molecular weight excluding hydrogens is 288 g/mol. The maximum atomic E-state index is 12.6. The van der Waals surface area contributed by atoms with Crippen LogP contribution < -0.4 is 0 Å². The van der Waals surface area contributed by atoms with E-state index in [9.17, 15) is 15.0 Å². The Bertz CT molecular complexity index is 598. The first-order chi connectivity index (χ1) is 10.6. The Morgan fingerprint density at radius 2 is 1.87 bits per heavy atom. The van der Waals surface area contributed by atoms with Gasteiger partial charge in [0, 0.05) is 11.8 Å². The lowest BCUT2D eigenvalue weighted by molar-refractivity contribution is -0.306. The molecule has 7 aliphatic rings. The molecule has 1 spiro atoms. The molecule has 7 fully saturated rings. The zero-order valence-corrected chi connectivity index (χ0v) is 14.6. The van der Waals surface area contributed by atoms with Gasteiger partial charge in [0.25, 0.3) is 0 Å². The Hall–Kier alpha value is -0.410. The smallest absolute Gasteiger partial charge is 0.162 e. The summed E-state index contributed by atoms with van der Waals surface area (Å²) in [6, 6.07) is 0. The lowest BCUT2D eigenvalue weighted by Gasteiger charge is -2.76. The van der Waals surface area contributed by atoms with E-state index >= 15 is 0 Å². The molecule has 0 radical (unpaired) electrons. The zero-order valence-electron chi connectivity index (χ0n) is 14.6. The Kier molecular flexibility index (Phi) is 2.51. The predicted molar refractivity (Wildman–Crippen MR) is 86.6 cm³/mol. The molecular formula is C20H30O3. The number of carbonyl (C=O) groups excluding carboxylic acids is 1. The first-order valence-corrected chi connectivity index (χ1v) is 9.56. The summed E-state index contributed by atoms with van der Waals surface area (Å²) in [6.45, 7) is 6.54. The van der Waals surface area contributed by atoms with Crippen LogP contribution in [0.4, 0.5) is 0 Å². The molecule has 0 aromatic heterocycles. The third kappa shape index (κ3) is 1.49. The monoisotopic (exact) mass is 318 g/mol. The molecule has 7 saturated carbocycles. The van der Waals surface area contributed by atoms with Gasteiger partial charge in [0.1, 0.15) is 6.10 Å². The van der Waals surface area contributed by atoms with Crippen molar-refractivity contribution < 1.29 is 15.0 Å². The molecule has 0 amide bonds. The van der Waals surface area contributed by atoms with E-state index in [-0.39, 0.29) is 27.6 Å². The fraction of sp³-hybridized carbons (Fsp3) is 0.950. The van der Waals surface area contributed by atoms with Gasteiger partial charge in [-0.3, -0.25) is 4.79 Å². The Morgan fingerprint density at radius 3 is 2.57 bits per heavy atom. The minimum atomic E-state index is -0.798. The molecule has 4 bridgehead atoms. The second-order valence-electron chi connectivity index (χ2n) is 10.7. The summed E-state index contributed by atoms with van der Waals surface area (Å²) in [5, 5.41) is 21.4. The molecule has 3 nitrogen and oxygen atoms in total. The number of Topliss-reactive ketones (excluding diaryl/α,β-unsaturated/α-hetero) is 1. The van der Waals surface area contributed by atoms with Crippen LogP contribution in [-0.2, 0) is 4.79 Å². The van der Waals surface area contributed by atoms with Gasteiger partial charge in [-0.2, -0.15) is 0 Å². The van der Waals surface area contributed by atoms with E-state index in [2.05, 4.69) is 20.8 Å². The number of carbonyl (C=O) groups is 1. The van der Waals surface area contributed by atoms with Crippen molar-refractivity contribution in [2.24, 2.45) is 39.9 Å². The third-order valence-corrected chi connectivity index (χ3v) is 9.42. The molecule has 7 rings (SSSR count).